The van der Waals surface area contributed by atoms with E-state index in [2.05, 4.69) is 0 Å². The second-order valence-corrected chi connectivity index (χ2v) is 8.52. The molecular formula is C20H20ClN3O6S. The average molecular weight is 466 g/mol. The van der Waals surface area contributed by atoms with Crippen molar-refractivity contribution in [2.24, 2.45) is 5.73 Å². The fourth-order valence-electron chi connectivity index (χ4n) is 3.10. The van der Waals surface area contributed by atoms with E-state index in [4.69, 9.17) is 21.0 Å². The van der Waals surface area contributed by atoms with Crippen molar-refractivity contribution in [2.75, 3.05) is 24.3 Å². The number of amides is 1. The van der Waals surface area contributed by atoms with Crippen molar-refractivity contribution in [1.29, 1.82) is 5.41 Å². The van der Waals surface area contributed by atoms with Crippen LogP contribution in [0.25, 0.3) is 5.57 Å². The second kappa shape index (κ2) is 9.19. The molecule has 4 N–H and O–H groups in total. The summed E-state index contributed by atoms with van der Waals surface area (Å²) in [6.07, 6.45) is 0. The normalized spacial score (nSPS) is 13.7. The van der Waals surface area contributed by atoms with Crippen LogP contribution in [0.5, 0.6) is 0 Å². The molecule has 0 fully saturated rings. The van der Waals surface area contributed by atoms with Crippen molar-refractivity contribution in [3.63, 3.8) is 0 Å². The summed E-state index contributed by atoms with van der Waals surface area (Å²) in [5.74, 6) is -2.45. The van der Waals surface area contributed by atoms with Gasteiger partial charge in [0.2, 0.25) is 0 Å². The molecule has 31 heavy (non-hydrogen) atoms. The Labute approximate surface area is 185 Å². The number of carbonyl (C=O) groups is 2. The molecule has 0 spiro atoms. The number of benzene rings is 2. The van der Waals surface area contributed by atoms with Crippen molar-refractivity contribution in [3.8, 4) is 0 Å². The highest BCUT2D eigenvalue weighted by molar-refractivity contribution is 7.92. The van der Waals surface area contributed by atoms with Gasteiger partial charge in [-0.2, -0.15) is 0 Å². The number of carbonyl (C=O) groups excluding carboxylic acids is 1. The van der Waals surface area contributed by atoms with E-state index in [1.807, 2.05) is 0 Å². The number of anilines is 1. The van der Waals surface area contributed by atoms with Gasteiger partial charge in [-0.15, -0.1) is 12.4 Å². The van der Waals surface area contributed by atoms with Crippen LogP contribution >= 0.6 is 12.4 Å². The van der Waals surface area contributed by atoms with Gasteiger partial charge in [-0.3, -0.25) is 15.0 Å². The number of nitrogens with zero attached hydrogens (tertiary/aromatic N) is 1. The van der Waals surface area contributed by atoms with Crippen molar-refractivity contribution in [1.82, 2.24) is 0 Å². The van der Waals surface area contributed by atoms with E-state index in [-0.39, 0.29) is 41.2 Å². The Balaban J connectivity index is 0.00000341. The first-order valence-electron chi connectivity index (χ1n) is 8.72. The SMILES string of the molecule is COC1=C(c2ccc(S(=O)(=O)CC(=O)O)cc2)C(=O)N(c2ccc(C(=N)N)cc2)C1.Cl. The molecule has 2 aromatic rings. The first-order chi connectivity index (χ1) is 14.1. The molecule has 0 unspecified atom stereocenters. The van der Waals surface area contributed by atoms with Crippen molar-refractivity contribution >= 4 is 51.2 Å². The molecule has 2 aromatic carbocycles. The number of rotatable bonds is 7. The van der Waals surface area contributed by atoms with E-state index in [1.165, 1.54) is 36.3 Å². The largest absolute Gasteiger partial charge is 0.498 e. The summed E-state index contributed by atoms with van der Waals surface area (Å²) in [7, 11) is -2.53. The monoisotopic (exact) mass is 465 g/mol. The summed E-state index contributed by atoms with van der Waals surface area (Å²) in [5, 5.41) is 16.2. The molecule has 0 radical (unpaired) electrons. The van der Waals surface area contributed by atoms with E-state index in [1.54, 1.807) is 24.3 Å². The highest BCUT2D eigenvalue weighted by Crippen LogP contribution is 2.32. The number of nitrogens with two attached hydrogens (primary N) is 1. The fraction of sp³-hybridized carbons (Fsp3) is 0.150. The zero-order valence-corrected chi connectivity index (χ0v) is 18.0. The van der Waals surface area contributed by atoms with Crippen LogP contribution in [0.15, 0.2) is 59.2 Å². The minimum Gasteiger partial charge on any atom is -0.498 e. The van der Waals surface area contributed by atoms with E-state index >= 15 is 0 Å². The zero-order chi connectivity index (χ0) is 22.1. The number of carboxylic acids is 1. The molecule has 9 nitrogen and oxygen atoms in total. The van der Waals surface area contributed by atoms with Gasteiger partial charge in [0.1, 0.15) is 11.6 Å². The Morgan fingerprint density at radius 3 is 2.23 bits per heavy atom. The summed E-state index contributed by atoms with van der Waals surface area (Å²) in [4.78, 5) is 25.1. The Kier molecular flexibility index (Phi) is 7.09. The van der Waals surface area contributed by atoms with Crippen LogP contribution < -0.4 is 10.6 Å². The number of ether oxygens (including phenoxy) is 1. The van der Waals surface area contributed by atoms with Crippen molar-refractivity contribution < 1.29 is 27.9 Å². The minimum atomic E-state index is -3.97. The first kappa shape index (κ1) is 23.9. The van der Waals surface area contributed by atoms with Crippen LogP contribution in [0.2, 0.25) is 0 Å². The van der Waals surface area contributed by atoms with Gasteiger partial charge in [0.15, 0.2) is 15.6 Å². The van der Waals surface area contributed by atoms with Gasteiger partial charge >= 0.3 is 5.97 Å². The molecular weight excluding hydrogens is 446 g/mol. The molecule has 0 aromatic heterocycles. The number of aliphatic carboxylic acids is 1. The third-order valence-corrected chi connectivity index (χ3v) is 6.21. The lowest BCUT2D eigenvalue weighted by atomic mass is 10.1. The molecule has 0 bridgehead atoms. The lowest BCUT2D eigenvalue weighted by molar-refractivity contribution is -0.134. The summed E-state index contributed by atoms with van der Waals surface area (Å²) >= 11 is 0. The number of halogens is 1. The molecule has 0 aliphatic carbocycles. The molecule has 164 valence electrons. The molecule has 1 aliphatic heterocycles. The number of nitrogens with one attached hydrogen (secondary N) is 1. The molecule has 0 saturated carbocycles. The number of nitrogen functional groups attached to an aromatic ring is 1. The van der Waals surface area contributed by atoms with Gasteiger partial charge in [-0.05, 0) is 42.0 Å². The first-order valence-corrected chi connectivity index (χ1v) is 10.4. The smallest absolute Gasteiger partial charge is 0.319 e. The Hall–Kier alpha value is -3.37. The van der Waals surface area contributed by atoms with Crippen LogP contribution in [-0.4, -0.2) is 50.6 Å². The maximum absolute atomic E-state index is 13.0. The van der Waals surface area contributed by atoms with Crippen LogP contribution in [0, 0.1) is 5.41 Å². The molecule has 11 heteroatoms. The molecule has 1 amide bonds. The van der Waals surface area contributed by atoms with Gasteiger partial charge < -0.3 is 20.5 Å². The van der Waals surface area contributed by atoms with Gasteiger partial charge in [-0.25, -0.2) is 8.42 Å². The van der Waals surface area contributed by atoms with Crippen LogP contribution in [0.4, 0.5) is 5.69 Å². The molecule has 0 atom stereocenters. The van der Waals surface area contributed by atoms with E-state index in [9.17, 15) is 18.0 Å². The fourth-order valence-corrected chi connectivity index (χ4v) is 4.15. The number of hydrogen-bond acceptors (Lipinski definition) is 6. The Morgan fingerprint density at radius 1 is 1.16 bits per heavy atom. The van der Waals surface area contributed by atoms with E-state index < -0.39 is 21.6 Å². The zero-order valence-electron chi connectivity index (χ0n) is 16.4. The van der Waals surface area contributed by atoms with Crippen molar-refractivity contribution in [2.45, 2.75) is 4.90 Å². The number of methoxy groups -OCH3 is 1. The Morgan fingerprint density at radius 2 is 1.74 bits per heavy atom. The number of hydrogen-bond donors (Lipinski definition) is 3. The number of sulfone groups is 1. The maximum atomic E-state index is 13.0. The van der Waals surface area contributed by atoms with Crippen LogP contribution in [0.1, 0.15) is 11.1 Å². The standard InChI is InChI=1S/C20H19N3O6S.ClH/c1-29-16-10-23(14-6-2-13(3-7-14)19(21)22)20(26)18(16)12-4-8-15(9-5-12)30(27,28)11-17(24)25;/h2-9H,10-11H2,1H3,(H3,21,22)(H,24,25);1H. The minimum absolute atomic E-state index is 0. The lowest BCUT2D eigenvalue weighted by Crippen LogP contribution is -2.26. The topological polar surface area (TPSA) is 151 Å². The summed E-state index contributed by atoms with van der Waals surface area (Å²) in [6.45, 7) is 0.184. The van der Waals surface area contributed by atoms with Gasteiger partial charge in [0.05, 0.1) is 24.1 Å². The quantitative estimate of drug-likeness (QED) is 0.415. The van der Waals surface area contributed by atoms with Gasteiger partial charge in [0.25, 0.3) is 5.91 Å². The molecule has 1 heterocycles. The predicted octanol–water partition coefficient (Wildman–Crippen LogP) is 1.66. The number of carboxylic acid groups (broad SMARTS) is 1. The summed E-state index contributed by atoms with van der Waals surface area (Å²) in [6, 6.07) is 12.1. The summed E-state index contributed by atoms with van der Waals surface area (Å²) in [5.41, 5.74) is 7.32. The van der Waals surface area contributed by atoms with Gasteiger partial charge in [0, 0.05) is 11.3 Å². The van der Waals surface area contributed by atoms with Crippen LogP contribution in [-0.2, 0) is 24.2 Å². The second-order valence-electron chi connectivity index (χ2n) is 6.53. The molecule has 1 aliphatic rings. The summed E-state index contributed by atoms with van der Waals surface area (Å²) < 4.78 is 29.5. The number of amidine groups is 1. The average Bonchev–Trinajstić information content (AvgIpc) is 3.03. The Bertz CT molecular complexity index is 1160. The molecule has 0 saturated heterocycles. The third kappa shape index (κ3) is 4.86. The van der Waals surface area contributed by atoms with E-state index in [0.717, 1.165) is 0 Å². The van der Waals surface area contributed by atoms with Crippen LogP contribution in [0.3, 0.4) is 0 Å². The highest BCUT2D eigenvalue weighted by atomic mass is 35.5. The van der Waals surface area contributed by atoms with Gasteiger partial charge in [-0.1, -0.05) is 12.1 Å². The van der Waals surface area contributed by atoms with Crippen molar-refractivity contribution in [3.05, 3.63) is 65.4 Å². The predicted molar refractivity (Wildman–Crippen MR) is 117 cm³/mol. The third-order valence-electron chi connectivity index (χ3n) is 4.59. The lowest BCUT2D eigenvalue weighted by Gasteiger charge is -2.17. The highest BCUT2D eigenvalue weighted by Gasteiger charge is 2.33. The van der Waals surface area contributed by atoms with E-state index in [0.29, 0.717) is 22.6 Å². The maximum Gasteiger partial charge on any atom is 0.319 e. The molecule has 3 rings (SSSR count).